The number of amides is 1. The quantitative estimate of drug-likeness (QED) is 0.749. The van der Waals surface area contributed by atoms with Crippen molar-refractivity contribution in [1.82, 2.24) is 14.8 Å². The van der Waals surface area contributed by atoms with Gasteiger partial charge in [-0.05, 0) is 31.2 Å². The first kappa shape index (κ1) is 18.2. The number of carbonyl (C=O) groups is 1. The molecular weight excluding hydrogens is 358 g/mol. The first-order chi connectivity index (χ1) is 12.1. The molecule has 0 radical (unpaired) electrons. The van der Waals surface area contributed by atoms with Gasteiger partial charge in [0.2, 0.25) is 5.91 Å². The average molecular weight is 380 g/mol. The summed E-state index contributed by atoms with van der Waals surface area (Å²) in [5, 5.41) is 2.74. The topological polar surface area (TPSA) is 45.7 Å². The van der Waals surface area contributed by atoms with Crippen molar-refractivity contribution in [3.8, 4) is 17.0 Å². The fourth-order valence-corrected chi connectivity index (χ4v) is 3.83. The lowest BCUT2D eigenvalue weighted by Gasteiger charge is -2.34. The number of methoxy groups -OCH3 is 1. The molecule has 0 N–H and O–H groups in total. The smallest absolute Gasteiger partial charge is 0.240 e. The molecule has 0 saturated carbocycles. The second kappa shape index (κ2) is 8.17. The van der Waals surface area contributed by atoms with Gasteiger partial charge >= 0.3 is 0 Å². The van der Waals surface area contributed by atoms with E-state index in [2.05, 4.69) is 10.3 Å². The molecule has 1 unspecified atom stereocenters. The summed E-state index contributed by atoms with van der Waals surface area (Å²) in [4.78, 5) is 20.9. The van der Waals surface area contributed by atoms with Crippen LogP contribution >= 0.6 is 22.9 Å². The van der Waals surface area contributed by atoms with Gasteiger partial charge in [-0.25, -0.2) is 4.98 Å². The number of benzene rings is 1. The van der Waals surface area contributed by atoms with Gasteiger partial charge in [0.25, 0.3) is 0 Å². The van der Waals surface area contributed by atoms with Crippen molar-refractivity contribution >= 4 is 28.8 Å². The fraction of sp³-hybridized carbons (Fsp3) is 0.444. The number of ether oxygens (including phenoxy) is 1. The zero-order valence-corrected chi connectivity index (χ0v) is 16.0. The molecule has 134 valence electrons. The maximum absolute atomic E-state index is 11.9. The van der Waals surface area contributed by atoms with Crippen molar-refractivity contribution in [2.45, 2.75) is 18.8 Å². The Morgan fingerprint density at radius 3 is 2.56 bits per heavy atom. The molecule has 1 aliphatic heterocycles. The number of carbonyl (C=O) groups excluding carboxylic acids is 1. The summed E-state index contributed by atoms with van der Waals surface area (Å²) in [7, 11) is 1.66. The van der Waals surface area contributed by atoms with E-state index in [9.17, 15) is 4.79 Å². The Balaban J connectivity index is 1.56. The first-order valence-electron chi connectivity index (χ1n) is 8.31. The molecule has 1 fully saturated rings. The number of aromatic nitrogens is 1. The molecule has 1 amide bonds. The Kier molecular flexibility index (Phi) is 5.93. The van der Waals surface area contributed by atoms with Crippen molar-refractivity contribution in [2.75, 3.05) is 33.3 Å². The Labute approximate surface area is 157 Å². The van der Waals surface area contributed by atoms with Gasteiger partial charge in [0, 0.05) is 37.1 Å². The molecular formula is C18H22ClN3O2S. The van der Waals surface area contributed by atoms with Gasteiger partial charge in [0.1, 0.15) is 16.1 Å². The van der Waals surface area contributed by atoms with E-state index in [4.69, 9.17) is 21.3 Å². The molecule has 0 spiro atoms. The lowest BCUT2D eigenvalue weighted by atomic mass is 10.2. The van der Waals surface area contributed by atoms with E-state index < -0.39 is 5.38 Å². The van der Waals surface area contributed by atoms with Gasteiger partial charge in [-0.15, -0.1) is 22.9 Å². The second-order valence-corrected chi connectivity index (χ2v) is 7.67. The highest BCUT2D eigenvalue weighted by Gasteiger charge is 2.24. The van der Waals surface area contributed by atoms with Crippen LogP contribution in [-0.2, 0) is 11.3 Å². The van der Waals surface area contributed by atoms with Crippen molar-refractivity contribution in [2.24, 2.45) is 0 Å². The maximum Gasteiger partial charge on any atom is 0.240 e. The third-order valence-electron chi connectivity index (χ3n) is 4.32. The van der Waals surface area contributed by atoms with Gasteiger partial charge in [-0.2, -0.15) is 0 Å². The molecule has 1 aromatic heterocycles. The van der Waals surface area contributed by atoms with Crippen LogP contribution in [0.4, 0.5) is 0 Å². The summed E-state index contributed by atoms with van der Waals surface area (Å²) in [5.74, 6) is 0.871. The lowest BCUT2D eigenvalue weighted by Crippen LogP contribution is -2.49. The summed E-state index contributed by atoms with van der Waals surface area (Å²) >= 11 is 7.56. The number of hydrogen-bond donors (Lipinski definition) is 0. The molecule has 0 bridgehead atoms. The SMILES string of the molecule is COc1ccc(-c2csc(CN3CCN(C(=O)C(C)Cl)CC3)n2)cc1. The van der Waals surface area contributed by atoms with Crippen LogP contribution in [0.2, 0.25) is 0 Å². The number of alkyl halides is 1. The van der Waals surface area contributed by atoms with E-state index in [1.54, 1.807) is 25.4 Å². The Bertz CT molecular complexity index is 709. The van der Waals surface area contributed by atoms with Gasteiger partial charge < -0.3 is 9.64 Å². The number of nitrogens with zero attached hydrogens (tertiary/aromatic N) is 3. The highest BCUT2D eigenvalue weighted by molar-refractivity contribution is 7.09. The van der Waals surface area contributed by atoms with E-state index in [1.165, 1.54) is 0 Å². The largest absolute Gasteiger partial charge is 0.497 e. The number of halogens is 1. The van der Waals surface area contributed by atoms with E-state index >= 15 is 0 Å². The van der Waals surface area contributed by atoms with E-state index in [0.29, 0.717) is 0 Å². The number of piperazine rings is 1. The summed E-state index contributed by atoms with van der Waals surface area (Å²) in [6.07, 6.45) is 0. The molecule has 0 aliphatic carbocycles. The molecule has 1 atom stereocenters. The lowest BCUT2D eigenvalue weighted by molar-refractivity contribution is -0.132. The molecule has 3 rings (SSSR count). The summed E-state index contributed by atoms with van der Waals surface area (Å²) in [6.45, 7) is 5.71. The standard InChI is InChI=1S/C18H22ClN3O2S/c1-13(19)18(23)22-9-7-21(8-10-22)11-17-20-16(12-25-17)14-3-5-15(24-2)6-4-14/h3-6,12-13H,7-11H2,1-2H3. The van der Waals surface area contributed by atoms with E-state index in [0.717, 1.165) is 54.7 Å². The van der Waals surface area contributed by atoms with Crippen molar-refractivity contribution < 1.29 is 9.53 Å². The Morgan fingerprint density at radius 1 is 1.28 bits per heavy atom. The molecule has 1 saturated heterocycles. The van der Waals surface area contributed by atoms with Crippen LogP contribution in [0.25, 0.3) is 11.3 Å². The number of hydrogen-bond acceptors (Lipinski definition) is 5. The third-order valence-corrected chi connectivity index (χ3v) is 5.34. The zero-order valence-electron chi connectivity index (χ0n) is 14.4. The summed E-state index contributed by atoms with van der Waals surface area (Å²) in [5.41, 5.74) is 2.09. The van der Waals surface area contributed by atoms with Crippen LogP contribution in [-0.4, -0.2) is 59.4 Å². The van der Waals surface area contributed by atoms with E-state index in [-0.39, 0.29) is 5.91 Å². The monoisotopic (exact) mass is 379 g/mol. The molecule has 2 heterocycles. The van der Waals surface area contributed by atoms with Gasteiger partial charge in [0.05, 0.1) is 19.3 Å². The van der Waals surface area contributed by atoms with Crippen molar-refractivity contribution in [3.63, 3.8) is 0 Å². The van der Waals surface area contributed by atoms with Gasteiger partial charge in [-0.1, -0.05) is 0 Å². The van der Waals surface area contributed by atoms with Gasteiger partial charge in [0.15, 0.2) is 0 Å². The average Bonchev–Trinajstić information content (AvgIpc) is 3.10. The normalized spacial score (nSPS) is 16.7. The molecule has 7 heteroatoms. The third kappa shape index (κ3) is 4.51. The number of thiazole rings is 1. The van der Waals surface area contributed by atoms with Crippen molar-refractivity contribution in [3.05, 3.63) is 34.7 Å². The molecule has 2 aromatic rings. The molecule has 5 nitrogen and oxygen atoms in total. The minimum absolute atomic E-state index is 0.0253. The predicted molar refractivity (Wildman–Crippen MR) is 101 cm³/mol. The Hall–Kier alpha value is -1.63. The van der Waals surface area contributed by atoms with Crippen LogP contribution in [0, 0.1) is 0 Å². The predicted octanol–water partition coefficient (Wildman–Crippen LogP) is 3.09. The van der Waals surface area contributed by atoms with Crippen LogP contribution < -0.4 is 4.74 Å². The second-order valence-electron chi connectivity index (χ2n) is 6.07. The molecule has 25 heavy (non-hydrogen) atoms. The highest BCUT2D eigenvalue weighted by atomic mass is 35.5. The van der Waals surface area contributed by atoms with Crippen molar-refractivity contribution in [1.29, 1.82) is 0 Å². The van der Waals surface area contributed by atoms with E-state index in [1.807, 2.05) is 29.2 Å². The first-order valence-corrected chi connectivity index (χ1v) is 9.62. The highest BCUT2D eigenvalue weighted by Crippen LogP contribution is 2.25. The van der Waals surface area contributed by atoms with Crippen LogP contribution in [0.1, 0.15) is 11.9 Å². The van der Waals surface area contributed by atoms with Crippen LogP contribution in [0.3, 0.4) is 0 Å². The molecule has 1 aliphatic rings. The molecule has 1 aromatic carbocycles. The maximum atomic E-state index is 11.9. The summed E-state index contributed by atoms with van der Waals surface area (Å²) < 4.78 is 5.19. The minimum atomic E-state index is -0.447. The Morgan fingerprint density at radius 2 is 1.96 bits per heavy atom. The summed E-state index contributed by atoms with van der Waals surface area (Å²) in [6, 6.07) is 7.94. The minimum Gasteiger partial charge on any atom is -0.497 e. The van der Waals surface area contributed by atoms with Crippen LogP contribution in [0.15, 0.2) is 29.6 Å². The van der Waals surface area contributed by atoms with Gasteiger partial charge in [-0.3, -0.25) is 9.69 Å². The van der Waals surface area contributed by atoms with Crippen LogP contribution in [0.5, 0.6) is 5.75 Å². The fourth-order valence-electron chi connectivity index (χ4n) is 2.85. The number of rotatable bonds is 5. The zero-order chi connectivity index (χ0) is 17.8.